The summed E-state index contributed by atoms with van der Waals surface area (Å²) in [4.78, 5) is 18.7. The van der Waals surface area contributed by atoms with Gasteiger partial charge in [0.05, 0.1) is 19.0 Å². The first-order valence-corrected chi connectivity index (χ1v) is 14.0. The molecule has 2 N–H and O–H groups in total. The second-order valence-corrected chi connectivity index (χ2v) is 12.6. The van der Waals surface area contributed by atoms with Crippen LogP contribution in [0.2, 0.25) is 0 Å². The van der Waals surface area contributed by atoms with E-state index in [4.69, 9.17) is 9.47 Å². The number of methoxy groups -OCH3 is 1. The molecule has 1 aliphatic rings. The van der Waals surface area contributed by atoms with Crippen LogP contribution < -0.4 is 4.74 Å². The molecule has 2 unspecified atom stereocenters. The molecule has 4 rings (SSSR count). The van der Waals surface area contributed by atoms with Gasteiger partial charge in [0.1, 0.15) is 16.9 Å². The van der Waals surface area contributed by atoms with Gasteiger partial charge in [0, 0.05) is 30.1 Å². The second kappa shape index (κ2) is 11.3. The van der Waals surface area contributed by atoms with E-state index in [1.165, 1.54) is 20.2 Å². The lowest BCUT2D eigenvalue weighted by Gasteiger charge is -2.56. The van der Waals surface area contributed by atoms with Gasteiger partial charge < -0.3 is 24.6 Å². The van der Waals surface area contributed by atoms with E-state index in [0.29, 0.717) is 28.6 Å². The van der Waals surface area contributed by atoms with E-state index in [1.807, 2.05) is 52.0 Å². The average Bonchev–Trinajstić information content (AvgIpc) is 2.93. The summed E-state index contributed by atoms with van der Waals surface area (Å²) < 4.78 is 10.7. The molecule has 2 atom stereocenters. The van der Waals surface area contributed by atoms with E-state index in [-0.39, 0.29) is 18.8 Å². The number of amides is 1. The number of carbonyl (C=O) groups is 1. The number of nitrogens with zero attached hydrogens (tertiary/aromatic N) is 4. The summed E-state index contributed by atoms with van der Waals surface area (Å²) in [7, 11) is 1.50. The number of likely N-dealkylation sites (tertiary alicyclic amines) is 1. The second-order valence-electron chi connectivity index (χ2n) is 12.6. The number of pyridine rings is 1. The summed E-state index contributed by atoms with van der Waals surface area (Å²) in [6.45, 7) is 13.7. The molecule has 1 saturated heterocycles. The van der Waals surface area contributed by atoms with Crippen molar-refractivity contribution >= 4 is 6.09 Å². The zero-order valence-electron chi connectivity index (χ0n) is 25.6. The van der Waals surface area contributed by atoms with Crippen molar-refractivity contribution in [2.75, 3.05) is 20.2 Å². The van der Waals surface area contributed by atoms with Crippen LogP contribution in [-0.4, -0.2) is 62.2 Å². The molecule has 3 aromatic rings. The summed E-state index contributed by atoms with van der Waals surface area (Å²) in [5.74, 6) is 6.41. The number of benzene rings is 1. The normalized spacial score (nSPS) is 17.3. The molecule has 0 bridgehead atoms. The first-order valence-electron chi connectivity index (χ1n) is 14.0. The molecule has 2 aromatic heterocycles. The lowest BCUT2D eigenvalue weighted by Crippen LogP contribution is -2.66. The minimum absolute atomic E-state index is 0.264. The molecule has 1 aliphatic heterocycles. The SMILES string of the molecule is COc1cccc(C(C)(O)C#Cc2cc(C(O)(c3ccc(C(C)C)cc3)C3(C)CN(C(=O)OC(C)(C)C)C3)cnn2)n1. The van der Waals surface area contributed by atoms with Crippen molar-refractivity contribution in [2.45, 2.75) is 71.2 Å². The molecule has 0 radical (unpaired) electrons. The Kier molecular flexibility index (Phi) is 8.36. The highest BCUT2D eigenvalue weighted by Gasteiger charge is 2.58. The number of hydrogen-bond acceptors (Lipinski definition) is 8. The van der Waals surface area contributed by atoms with E-state index in [1.54, 1.807) is 29.2 Å². The van der Waals surface area contributed by atoms with Crippen molar-refractivity contribution in [3.05, 3.63) is 82.8 Å². The number of rotatable bonds is 6. The number of aliphatic hydroxyl groups is 2. The molecule has 222 valence electrons. The smallest absolute Gasteiger partial charge is 0.410 e. The monoisotopic (exact) mass is 572 g/mol. The van der Waals surface area contributed by atoms with E-state index in [0.717, 1.165) is 5.56 Å². The Balaban J connectivity index is 1.72. The van der Waals surface area contributed by atoms with Gasteiger partial charge in [-0.2, -0.15) is 5.10 Å². The Labute approximate surface area is 247 Å². The first kappa shape index (κ1) is 30.9. The Bertz CT molecular complexity index is 1500. The predicted octanol–water partition coefficient (Wildman–Crippen LogP) is 4.76. The van der Waals surface area contributed by atoms with Gasteiger partial charge in [0.2, 0.25) is 5.88 Å². The molecule has 42 heavy (non-hydrogen) atoms. The van der Waals surface area contributed by atoms with Gasteiger partial charge in [-0.1, -0.05) is 57.0 Å². The summed E-state index contributed by atoms with van der Waals surface area (Å²) in [6, 6.07) is 14.6. The van der Waals surface area contributed by atoms with Crippen LogP contribution in [0.3, 0.4) is 0 Å². The van der Waals surface area contributed by atoms with Crippen LogP contribution in [0.4, 0.5) is 4.79 Å². The third-order valence-corrected chi connectivity index (χ3v) is 7.54. The minimum atomic E-state index is -1.59. The lowest BCUT2D eigenvalue weighted by atomic mass is 9.62. The fourth-order valence-corrected chi connectivity index (χ4v) is 5.13. The van der Waals surface area contributed by atoms with Crippen LogP contribution in [-0.2, 0) is 15.9 Å². The van der Waals surface area contributed by atoms with Crippen molar-refractivity contribution in [2.24, 2.45) is 5.41 Å². The van der Waals surface area contributed by atoms with Crippen molar-refractivity contribution in [1.29, 1.82) is 0 Å². The highest BCUT2D eigenvalue weighted by atomic mass is 16.6. The maximum atomic E-state index is 12.8. The van der Waals surface area contributed by atoms with Gasteiger partial charge in [-0.3, -0.25) is 0 Å². The summed E-state index contributed by atoms with van der Waals surface area (Å²) in [5, 5.41) is 32.0. The van der Waals surface area contributed by atoms with Crippen molar-refractivity contribution in [1.82, 2.24) is 20.1 Å². The van der Waals surface area contributed by atoms with E-state index in [9.17, 15) is 15.0 Å². The minimum Gasteiger partial charge on any atom is -0.481 e. The molecule has 0 spiro atoms. The number of ether oxygens (including phenoxy) is 2. The fraction of sp³-hybridized carbons (Fsp3) is 0.455. The molecule has 0 aliphatic carbocycles. The summed E-state index contributed by atoms with van der Waals surface area (Å²) >= 11 is 0. The zero-order chi connectivity index (χ0) is 30.9. The molecule has 1 aromatic carbocycles. The topological polar surface area (TPSA) is 118 Å². The number of aromatic nitrogens is 3. The molecule has 9 heteroatoms. The van der Waals surface area contributed by atoms with Gasteiger partial charge in [0.15, 0.2) is 5.60 Å². The summed E-state index contributed by atoms with van der Waals surface area (Å²) in [5.41, 5.74) is -1.66. The van der Waals surface area contributed by atoms with Crippen LogP contribution in [0.15, 0.2) is 54.7 Å². The van der Waals surface area contributed by atoms with Gasteiger partial charge in [-0.05, 0) is 62.8 Å². The van der Waals surface area contributed by atoms with Gasteiger partial charge in [-0.15, -0.1) is 5.10 Å². The highest BCUT2D eigenvalue weighted by Crippen LogP contribution is 2.50. The maximum Gasteiger partial charge on any atom is 0.410 e. The molecule has 0 saturated carbocycles. The lowest BCUT2D eigenvalue weighted by molar-refractivity contribution is -0.131. The van der Waals surface area contributed by atoms with Crippen LogP contribution in [0, 0.1) is 17.3 Å². The Morgan fingerprint density at radius 2 is 1.71 bits per heavy atom. The van der Waals surface area contributed by atoms with Crippen LogP contribution in [0.25, 0.3) is 0 Å². The van der Waals surface area contributed by atoms with Gasteiger partial charge in [-0.25, -0.2) is 9.78 Å². The van der Waals surface area contributed by atoms with Crippen molar-refractivity contribution in [3.8, 4) is 17.7 Å². The van der Waals surface area contributed by atoms with E-state index >= 15 is 0 Å². The number of hydrogen-bond donors (Lipinski definition) is 2. The first-order chi connectivity index (χ1) is 19.6. The molecular weight excluding hydrogens is 532 g/mol. The fourth-order valence-electron chi connectivity index (χ4n) is 5.13. The molecule has 1 amide bonds. The summed E-state index contributed by atoms with van der Waals surface area (Å²) in [6.07, 6.45) is 1.09. The Morgan fingerprint density at radius 1 is 1.05 bits per heavy atom. The molecule has 9 nitrogen and oxygen atoms in total. The van der Waals surface area contributed by atoms with Crippen molar-refractivity contribution in [3.63, 3.8) is 0 Å². The quantitative estimate of drug-likeness (QED) is 0.406. The van der Waals surface area contributed by atoms with Crippen molar-refractivity contribution < 1.29 is 24.5 Å². The predicted molar refractivity (Wildman–Crippen MR) is 159 cm³/mol. The van der Waals surface area contributed by atoms with E-state index < -0.39 is 28.3 Å². The average molecular weight is 573 g/mol. The Morgan fingerprint density at radius 3 is 2.31 bits per heavy atom. The van der Waals surface area contributed by atoms with Crippen LogP contribution in [0.5, 0.6) is 5.88 Å². The molecule has 3 heterocycles. The largest absolute Gasteiger partial charge is 0.481 e. The Hall–Kier alpha value is -4.00. The third kappa shape index (κ3) is 6.25. The van der Waals surface area contributed by atoms with Gasteiger partial charge in [0.25, 0.3) is 0 Å². The van der Waals surface area contributed by atoms with Gasteiger partial charge >= 0.3 is 6.09 Å². The third-order valence-electron chi connectivity index (χ3n) is 7.54. The standard InChI is InChI=1S/C33H40N4O5/c1-22(2)23-12-14-24(15-13-23)33(40,31(6)20-37(21-31)29(38)42-30(3,4)5)25-18-26(36-34-19-25)16-17-32(7,39)27-10-9-11-28(35-27)41-8/h9-15,18-19,22,39-40H,20-21H2,1-8H3. The van der Waals surface area contributed by atoms with Crippen LogP contribution >= 0.6 is 0 Å². The molecular formula is C33H40N4O5. The molecule has 1 fully saturated rings. The number of carbonyl (C=O) groups excluding carboxylic acids is 1. The maximum absolute atomic E-state index is 12.8. The zero-order valence-corrected chi connectivity index (χ0v) is 25.6. The highest BCUT2D eigenvalue weighted by molar-refractivity contribution is 5.70. The van der Waals surface area contributed by atoms with Crippen LogP contribution in [0.1, 0.15) is 82.5 Å². The van der Waals surface area contributed by atoms with E-state index in [2.05, 4.69) is 40.9 Å².